The smallest absolute Gasteiger partial charge is 0.271 e. The van der Waals surface area contributed by atoms with Gasteiger partial charge >= 0.3 is 0 Å². The number of benzene rings is 2. The molecule has 0 saturated carbocycles. The highest BCUT2D eigenvalue weighted by atomic mass is 35.5. The van der Waals surface area contributed by atoms with Crippen LogP contribution in [0.4, 0.5) is 17.1 Å². The number of sulfone groups is 1. The molecule has 2 N–H and O–H groups in total. The minimum Gasteiger partial charge on any atom is -0.326 e. The van der Waals surface area contributed by atoms with Gasteiger partial charge in [-0.15, -0.1) is 0 Å². The van der Waals surface area contributed by atoms with Crippen LogP contribution in [-0.4, -0.2) is 31.4 Å². The summed E-state index contributed by atoms with van der Waals surface area (Å²) in [6.45, 7) is 1.32. The number of nitrogens with one attached hydrogen (secondary N) is 2. The number of nitrogens with zero attached hydrogens (tertiary/aromatic N) is 1. The van der Waals surface area contributed by atoms with Gasteiger partial charge in [0.25, 0.3) is 11.6 Å². The number of carbonyl (C=O) groups excluding carboxylic acids is 2. The highest BCUT2D eigenvalue weighted by Gasteiger charge is 2.19. The Morgan fingerprint density at radius 3 is 2.30 bits per heavy atom. The number of nitro groups is 1. The molecule has 11 heteroatoms. The first-order valence-corrected chi connectivity index (χ1v) is 9.62. The fourth-order valence-electron chi connectivity index (χ4n) is 2.13. The molecule has 0 unspecified atom stereocenters. The predicted octanol–water partition coefficient (Wildman–Crippen LogP) is 2.86. The first-order valence-electron chi connectivity index (χ1n) is 7.35. The van der Waals surface area contributed by atoms with Crippen molar-refractivity contribution in [3.8, 4) is 0 Å². The zero-order chi connectivity index (χ0) is 20.4. The van der Waals surface area contributed by atoms with Crippen LogP contribution >= 0.6 is 11.6 Å². The van der Waals surface area contributed by atoms with Crippen LogP contribution in [0.1, 0.15) is 17.3 Å². The summed E-state index contributed by atoms with van der Waals surface area (Å²) in [7, 11) is -3.76. The number of hydrogen-bond donors (Lipinski definition) is 2. The monoisotopic (exact) mass is 411 g/mol. The standard InChI is InChI=1S/C16H14ClN3O6S/c1-9(21)18-11-3-4-15(14(17)7-11)19-16(22)10-5-12(20(23)24)8-13(6-10)27(2,25)26/h3-8H,1-2H3,(H,18,21)(H,19,22). The van der Waals surface area contributed by atoms with Gasteiger partial charge in [0.1, 0.15) is 0 Å². The van der Waals surface area contributed by atoms with Gasteiger partial charge < -0.3 is 10.6 Å². The molecule has 27 heavy (non-hydrogen) atoms. The Bertz CT molecular complexity index is 1050. The normalized spacial score (nSPS) is 10.9. The van der Waals surface area contributed by atoms with E-state index in [2.05, 4.69) is 10.6 Å². The van der Waals surface area contributed by atoms with E-state index in [1.165, 1.54) is 25.1 Å². The Labute approximate surface area is 159 Å². The van der Waals surface area contributed by atoms with Crippen LogP contribution in [0.2, 0.25) is 5.02 Å². The molecule has 0 heterocycles. The summed E-state index contributed by atoms with van der Waals surface area (Å²) in [6.07, 6.45) is 0.880. The van der Waals surface area contributed by atoms with Gasteiger partial charge in [-0.25, -0.2) is 8.42 Å². The van der Waals surface area contributed by atoms with Crippen molar-refractivity contribution in [1.82, 2.24) is 0 Å². The van der Waals surface area contributed by atoms with Crippen molar-refractivity contribution in [3.63, 3.8) is 0 Å². The van der Waals surface area contributed by atoms with E-state index < -0.39 is 26.4 Å². The maximum Gasteiger partial charge on any atom is 0.271 e. The summed E-state index contributed by atoms with van der Waals surface area (Å²) < 4.78 is 23.4. The van der Waals surface area contributed by atoms with Gasteiger partial charge in [0.2, 0.25) is 5.91 Å². The Morgan fingerprint density at radius 1 is 1.11 bits per heavy atom. The maximum atomic E-state index is 12.4. The molecule has 2 rings (SSSR count). The second kappa shape index (κ2) is 7.72. The molecule has 0 bridgehead atoms. The summed E-state index contributed by atoms with van der Waals surface area (Å²) in [5.74, 6) is -1.08. The molecular weight excluding hydrogens is 398 g/mol. The highest BCUT2D eigenvalue weighted by Crippen LogP contribution is 2.27. The summed E-state index contributed by atoms with van der Waals surface area (Å²) in [4.78, 5) is 33.3. The number of rotatable bonds is 5. The number of nitro benzene ring substituents is 1. The minimum absolute atomic E-state index is 0.114. The molecule has 142 valence electrons. The van der Waals surface area contributed by atoms with E-state index in [4.69, 9.17) is 11.6 Å². The molecule has 0 atom stereocenters. The van der Waals surface area contributed by atoms with E-state index in [0.29, 0.717) is 5.69 Å². The molecule has 0 fully saturated rings. The van der Waals surface area contributed by atoms with Crippen LogP contribution in [0.25, 0.3) is 0 Å². The molecule has 0 aromatic heterocycles. The van der Waals surface area contributed by atoms with Gasteiger partial charge in [0.15, 0.2) is 9.84 Å². The second-order valence-corrected chi connectivity index (χ2v) is 8.00. The quantitative estimate of drug-likeness (QED) is 0.573. The van der Waals surface area contributed by atoms with Crippen molar-refractivity contribution in [2.24, 2.45) is 0 Å². The van der Waals surface area contributed by atoms with Crippen LogP contribution in [0, 0.1) is 10.1 Å². The lowest BCUT2D eigenvalue weighted by Gasteiger charge is -2.10. The van der Waals surface area contributed by atoms with Crippen LogP contribution in [-0.2, 0) is 14.6 Å². The van der Waals surface area contributed by atoms with Gasteiger partial charge in [-0.2, -0.15) is 0 Å². The van der Waals surface area contributed by atoms with E-state index in [1.54, 1.807) is 0 Å². The fourth-order valence-corrected chi connectivity index (χ4v) is 3.03. The number of hydrogen-bond acceptors (Lipinski definition) is 6. The summed E-state index contributed by atoms with van der Waals surface area (Å²) in [5.41, 5.74) is -0.148. The first kappa shape index (κ1) is 20.3. The molecule has 2 aromatic rings. The molecule has 9 nitrogen and oxygen atoms in total. The van der Waals surface area contributed by atoms with E-state index in [9.17, 15) is 28.1 Å². The van der Waals surface area contributed by atoms with Gasteiger partial charge in [-0.05, 0) is 24.3 Å². The van der Waals surface area contributed by atoms with Gasteiger partial charge in [-0.3, -0.25) is 19.7 Å². The van der Waals surface area contributed by atoms with Crippen molar-refractivity contribution in [2.45, 2.75) is 11.8 Å². The van der Waals surface area contributed by atoms with E-state index in [-0.39, 0.29) is 27.1 Å². The lowest BCUT2D eigenvalue weighted by Crippen LogP contribution is -2.14. The fraction of sp³-hybridized carbons (Fsp3) is 0.125. The van der Waals surface area contributed by atoms with E-state index in [0.717, 1.165) is 24.5 Å². The zero-order valence-electron chi connectivity index (χ0n) is 14.1. The minimum atomic E-state index is -3.76. The van der Waals surface area contributed by atoms with Crippen molar-refractivity contribution < 1.29 is 22.9 Å². The van der Waals surface area contributed by atoms with Gasteiger partial charge in [0, 0.05) is 36.6 Å². The summed E-state index contributed by atoms with van der Waals surface area (Å²) >= 11 is 6.06. The lowest BCUT2D eigenvalue weighted by molar-refractivity contribution is -0.385. The molecule has 0 spiro atoms. The molecule has 0 aliphatic heterocycles. The molecule has 2 aromatic carbocycles. The van der Waals surface area contributed by atoms with Crippen molar-refractivity contribution >= 4 is 50.3 Å². The van der Waals surface area contributed by atoms with Gasteiger partial charge in [0.05, 0.1) is 20.5 Å². The molecule has 0 radical (unpaired) electrons. The van der Waals surface area contributed by atoms with Crippen molar-refractivity contribution in [3.05, 3.63) is 57.1 Å². The SMILES string of the molecule is CC(=O)Nc1ccc(NC(=O)c2cc([N+](=O)[O-])cc(S(C)(=O)=O)c2)c(Cl)c1. The zero-order valence-corrected chi connectivity index (χ0v) is 15.7. The van der Waals surface area contributed by atoms with Crippen LogP contribution in [0.15, 0.2) is 41.3 Å². The number of anilines is 2. The largest absolute Gasteiger partial charge is 0.326 e. The maximum absolute atomic E-state index is 12.4. The number of halogens is 1. The van der Waals surface area contributed by atoms with Crippen molar-refractivity contribution in [2.75, 3.05) is 16.9 Å². The molecule has 2 amide bonds. The molecular formula is C16H14ClN3O6S. The highest BCUT2D eigenvalue weighted by molar-refractivity contribution is 7.90. The predicted molar refractivity (Wildman–Crippen MR) is 99.9 cm³/mol. The second-order valence-electron chi connectivity index (χ2n) is 5.57. The Morgan fingerprint density at radius 2 is 1.78 bits per heavy atom. The average molecular weight is 412 g/mol. The van der Waals surface area contributed by atoms with Gasteiger partial charge in [-0.1, -0.05) is 11.6 Å². The third kappa shape index (κ3) is 5.25. The number of amides is 2. The first-order chi connectivity index (χ1) is 12.5. The number of carbonyl (C=O) groups is 2. The van der Waals surface area contributed by atoms with E-state index >= 15 is 0 Å². The molecule has 0 aliphatic rings. The summed E-state index contributed by atoms with van der Waals surface area (Å²) in [5, 5.41) is 16.1. The molecule has 0 aliphatic carbocycles. The third-order valence-electron chi connectivity index (χ3n) is 3.33. The topological polar surface area (TPSA) is 135 Å². The third-order valence-corrected chi connectivity index (χ3v) is 4.73. The Hall–Kier alpha value is -2.98. The Kier molecular flexibility index (Phi) is 5.82. The lowest BCUT2D eigenvalue weighted by atomic mass is 10.2. The van der Waals surface area contributed by atoms with Crippen LogP contribution in [0.5, 0.6) is 0 Å². The Balaban J connectivity index is 2.37. The van der Waals surface area contributed by atoms with E-state index in [1.807, 2.05) is 0 Å². The summed E-state index contributed by atoms with van der Waals surface area (Å²) in [6, 6.07) is 7.22. The average Bonchev–Trinajstić information content (AvgIpc) is 2.55. The van der Waals surface area contributed by atoms with Crippen LogP contribution in [0.3, 0.4) is 0 Å². The van der Waals surface area contributed by atoms with Crippen LogP contribution < -0.4 is 10.6 Å². The van der Waals surface area contributed by atoms with Crippen molar-refractivity contribution in [1.29, 1.82) is 0 Å². The number of non-ortho nitro benzene ring substituents is 1. The molecule has 0 saturated heterocycles.